The van der Waals surface area contributed by atoms with Gasteiger partial charge in [-0.15, -0.1) is 0 Å². The molecule has 3 heteroatoms. The molecule has 0 unspecified atom stereocenters. The van der Waals surface area contributed by atoms with Crippen molar-refractivity contribution in [3.63, 3.8) is 0 Å². The second kappa shape index (κ2) is 8.92. The molecule has 0 aliphatic carbocycles. The SMILES string of the molecule is CCCCCCOc1ccc(CNCC)cc1F. The zero-order valence-electron chi connectivity index (χ0n) is 11.5. The van der Waals surface area contributed by atoms with E-state index in [0.29, 0.717) is 18.9 Å². The van der Waals surface area contributed by atoms with Gasteiger partial charge in [-0.1, -0.05) is 39.2 Å². The Morgan fingerprint density at radius 3 is 2.67 bits per heavy atom. The van der Waals surface area contributed by atoms with Crippen LogP contribution in [0.25, 0.3) is 0 Å². The van der Waals surface area contributed by atoms with Crippen molar-refractivity contribution in [3.05, 3.63) is 29.6 Å². The highest BCUT2D eigenvalue weighted by Gasteiger charge is 2.04. The molecule has 0 aromatic heterocycles. The van der Waals surface area contributed by atoms with E-state index in [1.54, 1.807) is 12.1 Å². The molecule has 1 rings (SSSR count). The van der Waals surface area contributed by atoms with Crippen LogP contribution < -0.4 is 10.1 Å². The maximum absolute atomic E-state index is 13.7. The summed E-state index contributed by atoms with van der Waals surface area (Å²) in [6.07, 6.45) is 4.56. The highest BCUT2D eigenvalue weighted by Crippen LogP contribution is 2.18. The number of nitrogens with one attached hydrogen (secondary N) is 1. The molecule has 0 amide bonds. The Bertz CT molecular complexity index is 341. The largest absolute Gasteiger partial charge is 0.491 e. The maximum Gasteiger partial charge on any atom is 0.165 e. The van der Waals surface area contributed by atoms with Crippen LogP contribution in [0, 0.1) is 5.82 Å². The third-order valence-electron chi connectivity index (χ3n) is 2.83. The Kier molecular flexibility index (Phi) is 7.42. The number of rotatable bonds is 9. The summed E-state index contributed by atoms with van der Waals surface area (Å²) in [5.41, 5.74) is 0.952. The van der Waals surface area contributed by atoms with Crippen molar-refractivity contribution in [2.75, 3.05) is 13.2 Å². The van der Waals surface area contributed by atoms with Crippen molar-refractivity contribution >= 4 is 0 Å². The fourth-order valence-electron chi connectivity index (χ4n) is 1.75. The van der Waals surface area contributed by atoms with E-state index in [4.69, 9.17) is 4.74 Å². The van der Waals surface area contributed by atoms with E-state index < -0.39 is 0 Å². The molecule has 1 aromatic carbocycles. The van der Waals surface area contributed by atoms with E-state index in [-0.39, 0.29) is 5.82 Å². The minimum Gasteiger partial charge on any atom is -0.491 e. The highest BCUT2D eigenvalue weighted by atomic mass is 19.1. The Balaban J connectivity index is 2.37. The number of hydrogen-bond acceptors (Lipinski definition) is 2. The summed E-state index contributed by atoms with van der Waals surface area (Å²) >= 11 is 0. The van der Waals surface area contributed by atoms with Gasteiger partial charge in [0.25, 0.3) is 0 Å². The van der Waals surface area contributed by atoms with Crippen molar-refractivity contribution in [3.8, 4) is 5.75 Å². The molecule has 1 N–H and O–H groups in total. The van der Waals surface area contributed by atoms with Crippen LogP contribution in [0.2, 0.25) is 0 Å². The number of benzene rings is 1. The number of ether oxygens (including phenoxy) is 1. The second-order valence-corrected chi connectivity index (χ2v) is 4.45. The third kappa shape index (κ3) is 5.50. The lowest BCUT2D eigenvalue weighted by molar-refractivity contribution is 0.290. The molecule has 2 nitrogen and oxygen atoms in total. The van der Waals surface area contributed by atoms with Gasteiger partial charge in [0.2, 0.25) is 0 Å². The molecular weight excluding hydrogens is 229 g/mol. The first-order valence-corrected chi connectivity index (χ1v) is 6.89. The third-order valence-corrected chi connectivity index (χ3v) is 2.83. The first-order valence-electron chi connectivity index (χ1n) is 6.89. The first-order chi connectivity index (χ1) is 8.77. The summed E-state index contributed by atoms with van der Waals surface area (Å²) in [7, 11) is 0. The minimum atomic E-state index is -0.263. The van der Waals surface area contributed by atoms with Crippen LogP contribution in [0.5, 0.6) is 5.75 Å². The summed E-state index contributed by atoms with van der Waals surface area (Å²) in [5.74, 6) is 0.104. The van der Waals surface area contributed by atoms with Gasteiger partial charge in [0.15, 0.2) is 11.6 Å². The topological polar surface area (TPSA) is 21.3 Å². The lowest BCUT2D eigenvalue weighted by Crippen LogP contribution is -2.11. The minimum absolute atomic E-state index is 0.263. The molecule has 0 aliphatic heterocycles. The van der Waals surface area contributed by atoms with Gasteiger partial charge in [-0.3, -0.25) is 0 Å². The monoisotopic (exact) mass is 253 g/mol. The Labute approximate surface area is 110 Å². The van der Waals surface area contributed by atoms with Crippen LogP contribution in [-0.2, 0) is 6.54 Å². The predicted molar refractivity (Wildman–Crippen MR) is 73.4 cm³/mol. The smallest absolute Gasteiger partial charge is 0.165 e. The standard InChI is InChI=1S/C15H24FNO/c1-3-5-6-7-10-18-15-9-8-13(11-14(15)16)12-17-4-2/h8-9,11,17H,3-7,10,12H2,1-2H3. The van der Waals surface area contributed by atoms with Crippen LogP contribution in [-0.4, -0.2) is 13.2 Å². The Morgan fingerprint density at radius 2 is 2.00 bits per heavy atom. The summed E-state index contributed by atoms with van der Waals surface area (Å²) in [5, 5.41) is 3.17. The van der Waals surface area contributed by atoms with E-state index in [2.05, 4.69) is 12.2 Å². The number of hydrogen-bond donors (Lipinski definition) is 1. The summed E-state index contributed by atoms with van der Waals surface area (Å²) < 4.78 is 19.1. The molecule has 0 saturated carbocycles. The van der Waals surface area contributed by atoms with E-state index >= 15 is 0 Å². The van der Waals surface area contributed by atoms with Gasteiger partial charge in [0, 0.05) is 6.54 Å². The normalized spacial score (nSPS) is 10.6. The van der Waals surface area contributed by atoms with Crippen LogP contribution in [0.3, 0.4) is 0 Å². The first kappa shape index (κ1) is 15.0. The molecule has 102 valence electrons. The van der Waals surface area contributed by atoms with Crippen LogP contribution >= 0.6 is 0 Å². The summed E-state index contributed by atoms with van der Waals surface area (Å²) in [6, 6.07) is 5.18. The van der Waals surface area contributed by atoms with Crippen molar-refractivity contribution in [1.82, 2.24) is 5.32 Å². The van der Waals surface area contributed by atoms with E-state index in [1.165, 1.54) is 12.8 Å². The number of halogens is 1. The molecule has 0 saturated heterocycles. The predicted octanol–water partition coefficient (Wildman–Crippen LogP) is 3.89. The average Bonchev–Trinajstić information content (AvgIpc) is 2.38. The molecule has 0 heterocycles. The van der Waals surface area contributed by atoms with E-state index in [9.17, 15) is 4.39 Å². The lowest BCUT2D eigenvalue weighted by Gasteiger charge is -2.09. The van der Waals surface area contributed by atoms with Crippen molar-refractivity contribution < 1.29 is 9.13 Å². The molecule has 1 aromatic rings. The zero-order chi connectivity index (χ0) is 13.2. The molecule has 0 aliphatic rings. The number of unbranched alkanes of at least 4 members (excludes halogenated alkanes) is 3. The van der Waals surface area contributed by atoms with Gasteiger partial charge < -0.3 is 10.1 Å². The van der Waals surface area contributed by atoms with Gasteiger partial charge in [0.1, 0.15) is 0 Å². The molecule has 0 fully saturated rings. The van der Waals surface area contributed by atoms with Gasteiger partial charge in [0.05, 0.1) is 6.61 Å². The van der Waals surface area contributed by atoms with Crippen LogP contribution in [0.1, 0.15) is 45.1 Å². The van der Waals surface area contributed by atoms with Crippen molar-refractivity contribution in [1.29, 1.82) is 0 Å². The molecule has 0 atom stereocenters. The van der Waals surface area contributed by atoms with Gasteiger partial charge in [-0.25, -0.2) is 4.39 Å². The molecule has 0 bridgehead atoms. The highest BCUT2D eigenvalue weighted by molar-refractivity contribution is 5.29. The molecule has 0 radical (unpaired) electrons. The second-order valence-electron chi connectivity index (χ2n) is 4.45. The molecule has 18 heavy (non-hydrogen) atoms. The fraction of sp³-hybridized carbons (Fsp3) is 0.600. The van der Waals surface area contributed by atoms with Crippen LogP contribution in [0.4, 0.5) is 4.39 Å². The van der Waals surface area contributed by atoms with Gasteiger partial charge >= 0.3 is 0 Å². The van der Waals surface area contributed by atoms with Crippen molar-refractivity contribution in [2.45, 2.75) is 46.1 Å². The average molecular weight is 253 g/mol. The Hall–Kier alpha value is -1.09. The molecular formula is C15H24FNO. The van der Waals surface area contributed by atoms with E-state index in [0.717, 1.165) is 24.9 Å². The fourth-order valence-corrected chi connectivity index (χ4v) is 1.75. The Morgan fingerprint density at radius 1 is 1.17 bits per heavy atom. The zero-order valence-corrected chi connectivity index (χ0v) is 11.5. The van der Waals surface area contributed by atoms with E-state index in [1.807, 2.05) is 13.0 Å². The van der Waals surface area contributed by atoms with Crippen molar-refractivity contribution in [2.24, 2.45) is 0 Å². The maximum atomic E-state index is 13.7. The summed E-state index contributed by atoms with van der Waals surface area (Å²) in [4.78, 5) is 0. The lowest BCUT2D eigenvalue weighted by atomic mass is 10.2. The quantitative estimate of drug-likeness (QED) is 0.674. The van der Waals surface area contributed by atoms with Gasteiger partial charge in [-0.2, -0.15) is 0 Å². The van der Waals surface area contributed by atoms with Gasteiger partial charge in [-0.05, 0) is 30.7 Å². The summed E-state index contributed by atoms with van der Waals surface area (Å²) in [6.45, 7) is 6.39. The molecule has 0 spiro atoms. The van der Waals surface area contributed by atoms with Crippen LogP contribution in [0.15, 0.2) is 18.2 Å².